The molecule has 0 aliphatic carbocycles. The van der Waals surface area contributed by atoms with Crippen molar-refractivity contribution in [3.63, 3.8) is 0 Å². The van der Waals surface area contributed by atoms with Crippen molar-refractivity contribution in [3.05, 3.63) is 72.4 Å². The summed E-state index contributed by atoms with van der Waals surface area (Å²) in [6.45, 7) is 0. The first kappa shape index (κ1) is 13.8. The number of carbonyl (C=O) groups excluding carboxylic acids is 1. The normalized spacial score (nSPS) is 11.1. The fourth-order valence-electron chi connectivity index (χ4n) is 2.27. The lowest BCUT2D eigenvalue weighted by Gasteiger charge is -1.99. The summed E-state index contributed by atoms with van der Waals surface area (Å²) in [7, 11) is 0. The van der Waals surface area contributed by atoms with Crippen molar-refractivity contribution in [1.82, 2.24) is 9.61 Å². The zero-order chi connectivity index (χ0) is 15.5. The maximum atomic E-state index is 12.4. The molecule has 0 atom stereocenters. The number of hydrogen-bond donors (Lipinski definition) is 1. The largest absolute Gasteiger partial charge is 0.478 e. The molecular weight excluding hydrogens is 280 g/mol. The van der Waals surface area contributed by atoms with E-state index >= 15 is 0 Å². The van der Waals surface area contributed by atoms with Gasteiger partial charge < -0.3 is 5.11 Å². The molecule has 0 aliphatic heterocycles. The Morgan fingerprint density at radius 1 is 1.00 bits per heavy atom. The Morgan fingerprint density at radius 2 is 1.73 bits per heavy atom. The van der Waals surface area contributed by atoms with E-state index in [1.165, 1.54) is 0 Å². The van der Waals surface area contributed by atoms with Gasteiger partial charge in [0.05, 0.1) is 11.1 Å². The molecule has 3 rings (SSSR count). The van der Waals surface area contributed by atoms with E-state index in [0.717, 1.165) is 17.7 Å². The fourth-order valence-corrected chi connectivity index (χ4v) is 2.27. The standard InChI is InChI=1S/C17H12N2O3/c20-14(9-10-15(21)22)16-13-8-4-5-11-19(13)18-17(16)12-6-2-1-3-7-12/h1-11H,(H,21,22)/b10-9+. The zero-order valence-corrected chi connectivity index (χ0v) is 11.5. The molecule has 1 aromatic carbocycles. The number of hydrogen-bond acceptors (Lipinski definition) is 3. The fraction of sp³-hybridized carbons (Fsp3) is 0. The molecule has 0 fully saturated rings. The lowest BCUT2D eigenvalue weighted by Crippen LogP contribution is -1.98. The monoisotopic (exact) mass is 292 g/mol. The second-order valence-electron chi connectivity index (χ2n) is 4.66. The van der Waals surface area contributed by atoms with Crippen molar-refractivity contribution in [2.45, 2.75) is 0 Å². The van der Waals surface area contributed by atoms with Crippen LogP contribution in [-0.2, 0) is 4.79 Å². The number of fused-ring (bicyclic) bond motifs is 1. The number of rotatable bonds is 4. The molecule has 0 radical (unpaired) electrons. The average Bonchev–Trinajstić information content (AvgIpc) is 2.93. The number of pyridine rings is 1. The van der Waals surface area contributed by atoms with Gasteiger partial charge in [-0.25, -0.2) is 9.31 Å². The molecule has 0 aliphatic rings. The van der Waals surface area contributed by atoms with E-state index in [4.69, 9.17) is 5.11 Å². The molecule has 0 saturated heterocycles. The van der Waals surface area contributed by atoms with Crippen molar-refractivity contribution < 1.29 is 14.7 Å². The smallest absolute Gasteiger partial charge is 0.328 e. The Bertz CT molecular complexity index is 879. The summed E-state index contributed by atoms with van der Waals surface area (Å²) in [6.07, 6.45) is 3.64. The molecule has 108 valence electrons. The maximum absolute atomic E-state index is 12.4. The number of carboxylic acids is 1. The highest BCUT2D eigenvalue weighted by Gasteiger charge is 2.19. The molecular formula is C17H12N2O3. The van der Waals surface area contributed by atoms with Gasteiger partial charge in [-0.2, -0.15) is 5.10 Å². The first-order valence-corrected chi connectivity index (χ1v) is 6.65. The second kappa shape index (κ2) is 5.65. The van der Waals surface area contributed by atoms with Gasteiger partial charge in [0.25, 0.3) is 0 Å². The average molecular weight is 292 g/mol. The van der Waals surface area contributed by atoms with E-state index in [9.17, 15) is 9.59 Å². The van der Waals surface area contributed by atoms with Gasteiger partial charge in [0.1, 0.15) is 5.69 Å². The lowest BCUT2D eigenvalue weighted by atomic mass is 10.0. The van der Waals surface area contributed by atoms with E-state index in [0.29, 0.717) is 16.8 Å². The molecule has 0 spiro atoms. The predicted molar refractivity (Wildman–Crippen MR) is 81.7 cm³/mol. The van der Waals surface area contributed by atoms with Gasteiger partial charge in [-0.15, -0.1) is 0 Å². The third-order valence-electron chi connectivity index (χ3n) is 3.21. The van der Waals surface area contributed by atoms with Crippen molar-refractivity contribution in [1.29, 1.82) is 0 Å². The highest BCUT2D eigenvalue weighted by molar-refractivity contribution is 6.14. The van der Waals surface area contributed by atoms with Crippen LogP contribution in [0, 0.1) is 0 Å². The highest BCUT2D eigenvalue weighted by atomic mass is 16.4. The minimum atomic E-state index is -1.16. The van der Waals surface area contributed by atoms with Crippen molar-refractivity contribution in [3.8, 4) is 11.3 Å². The summed E-state index contributed by atoms with van der Waals surface area (Å²) >= 11 is 0. The van der Waals surface area contributed by atoms with Crippen molar-refractivity contribution in [2.75, 3.05) is 0 Å². The number of allylic oxidation sites excluding steroid dienone is 1. The van der Waals surface area contributed by atoms with E-state index < -0.39 is 5.97 Å². The van der Waals surface area contributed by atoms with Gasteiger partial charge >= 0.3 is 5.97 Å². The predicted octanol–water partition coefficient (Wildman–Crippen LogP) is 2.82. The molecule has 0 unspecified atom stereocenters. The number of ketones is 1. The van der Waals surface area contributed by atoms with E-state index in [1.807, 2.05) is 42.5 Å². The van der Waals surface area contributed by atoms with E-state index in [2.05, 4.69) is 5.10 Å². The number of aromatic nitrogens is 2. The third-order valence-corrected chi connectivity index (χ3v) is 3.21. The van der Waals surface area contributed by atoms with E-state index in [1.54, 1.807) is 16.8 Å². The molecule has 0 amide bonds. The van der Waals surface area contributed by atoms with Crippen LogP contribution >= 0.6 is 0 Å². The van der Waals surface area contributed by atoms with Gasteiger partial charge in [0.2, 0.25) is 0 Å². The summed E-state index contributed by atoms with van der Waals surface area (Å²) in [5, 5.41) is 13.1. The molecule has 5 heteroatoms. The summed E-state index contributed by atoms with van der Waals surface area (Å²) in [5.41, 5.74) is 2.37. The number of carboxylic acid groups (broad SMARTS) is 1. The highest BCUT2D eigenvalue weighted by Crippen LogP contribution is 2.26. The van der Waals surface area contributed by atoms with Crippen LogP contribution in [-0.4, -0.2) is 26.5 Å². The van der Waals surface area contributed by atoms with Gasteiger partial charge in [-0.1, -0.05) is 36.4 Å². The Kier molecular flexibility index (Phi) is 3.53. The van der Waals surface area contributed by atoms with Crippen LogP contribution in [0.15, 0.2) is 66.9 Å². The Hall–Kier alpha value is -3.21. The first-order chi connectivity index (χ1) is 10.7. The molecule has 0 bridgehead atoms. The Morgan fingerprint density at radius 3 is 2.45 bits per heavy atom. The Balaban J connectivity index is 2.22. The molecule has 22 heavy (non-hydrogen) atoms. The molecule has 1 N–H and O–H groups in total. The summed E-state index contributed by atoms with van der Waals surface area (Å²) in [4.78, 5) is 23.0. The lowest BCUT2D eigenvalue weighted by molar-refractivity contribution is -0.131. The quantitative estimate of drug-likeness (QED) is 0.593. The first-order valence-electron chi connectivity index (χ1n) is 6.65. The minimum absolute atomic E-state index is 0.387. The van der Waals surface area contributed by atoms with Crippen LogP contribution in [0.2, 0.25) is 0 Å². The number of carbonyl (C=O) groups is 2. The minimum Gasteiger partial charge on any atom is -0.478 e. The van der Waals surface area contributed by atoms with Crippen LogP contribution in [0.1, 0.15) is 10.4 Å². The van der Waals surface area contributed by atoms with Crippen LogP contribution < -0.4 is 0 Å². The molecule has 5 nitrogen and oxygen atoms in total. The van der Waals surface area contributed by atoms with Gasteiger partial charge in [-0.3, -0.25) is 4.79 Å². The number of benzene rings is 1. The van der Waals surface area contributed by atoms with Crippen molar-refractivity contribution in [2.24, 2.45) is 0 Å². The van der Waals surface area contributed by atoms with Crippen molar-refractivity contribution >= 4 is 17.3 Å². The zero-order valence-electron chi connectivity index (χ0n) is 11.5. The van der Waals surface area contributed by atoms with Gasteiger partial charge in [0.15, 0.2) is 5.78 Å². The topological polar surface area (TPSA) is 71.7 Å². The van der Waals surface area contributed by atoms with Crippen LogP contribution in [0.25, 0.3) is 16.8 Å². The Labute approximate surface area is 126 Å². The molecule has 2 aromatic heterocycles. The van der Waals surface area contributed by atoms with Crippen LogP contribution in [0.4, 0.5) is 0 Å². The molecule has 0 saturated carbocycles. The summed E-state index contributed by atoms with van der Waals surface area (Å²) < 4.78 is 1.62. The number of aliphatic carboxylic acids is 1. The summed E-state index contributed by atoms with van der Waals surface area (Å²) in [5.74, 6) is -1.55. The SMILES string of the molecule is O=C(O)/C=C/C(=O)c1c(-c2ccccc2)nn2ccccc12. The third kappa shape index (κ3) is 2.52. The second-order valence-corrected chi connectivity index (χ2v) is 4.66. The molecule has 2 heterocycles. The molecule has 3 aromatic rings. The van der Waals surface area contributed by atoms with Gasteiger partial charge in [0, 0.05) is 17.8 Å². The van der Waals surface area contributed by atoms with Crippen LogP contribution in [0.5, 0.6) is 0 Å². The van der Waals surface area contributed by atoms with Crippen LogP contribution in [0.3, 0.4) is 0 Å². The van der Waals surface area contributed by atoms with E-state index in [-0.39, 0.29) is 5.78 Å². The number of nitrogens with zero attached hydrogens (tertiary/aromatic N) is 2. The maximum Gasteiger partial charge on any atom is 0.328 e. The van der Waals surface area contributed by atoms with Gasteiger partial charge in [-0.05, 0) is 18.2 Å². The summed E-state index contributed by atoms with van der Waals surface area (Å²) in [6, 6.07) is 14.7.